The number of hydrogen-bond acceptors (Lipinski definition) is 2. The number of hydrazine groups is 1. The summed E-state index contributed by atoms with van der Waals surface area (Å²) in [6, 6.07) is 0.347. The second-order valence-corrected chi connectivity index (χ2v) is 1.71. The lowest BCUT2D eigenvalue weighted by Gasteiger charge is -2.05. The van der Waals surface area contributed by atoms with Gasteiger partial charge in [-0.2, -0.15) is 0 Å². The SMILES string of the molecule is C/C=C\C(CC)NN. The normalized spacial score (nSPS) is 14.9. The average Bonchev–Trinajstić information content (AvgIpc) is 1.83. The molecule has 1 unspecified atom stereocenters. The van der Waals surface area contributed by atoms with Crippen LogP contribution in [0.3, 0.4) is 0 Å². The number of nitrogens with two attached hydrogens (primary N) is 1. The zero-order valence-electron chi connectivity index (χ0n) is 5.52. The summed E-state index contributed by atoms with van der Waals surface area (Å²) in [5.41, 5.74) is 2.67. The third-order valence-electron chi connectivity index (χ3n) is 1.08. The second kappa shape index (κ2) is 4.81. The molecule has 8 heavy (non-hydrogen) atoms. The maximum atomic E-state index is 5.17. The molecule has 0 aromatic carbocycles. The molecule has 0 aliphatic heterocycles. The summed E-state index contributed by atoms with van der Waals surface area (Å²) in [5.74, 6) is 5.17. The van der Waals surface area contributed by atoms with E-state index in [9.17, 15) is 0 Å². The first-order chi connectivity index (χ1) is 3.85. The van der Waals surface area contributed by atoms with Crippen LogP contribution < -0.4 is 11.3 Å². The van der Waals surface area contributed by atoms with Crippen molar-refractivity contribution in [2.45, 2.75) is 26.3 Å². The first kappa shape index (κ1) is 7.66. The van der Waals surface area contributed by atoms with E-state index in [-0.39, 0.29) is 0 Å². The van der Waals surface area contributed by atoms with E-state index in [0.717, 1.165) is 6.42 Å². The Morgan fingerprint density at radius 3 is 2.50 bits per heavy atom. The van der Waals surface area contributed by atoms with E-state index in [1.807, 2.05) is 19.1 Å². The number of nitrogens with one attached hydrogen (secondary N) is 1. The van der Waals surface area contributed by atoms with Crippen molar-refractivity contribution >= 4 is 0 Å². The second-order valence-electron chi connectivity index (χ2n) is 1.71. The predicted octanol–water partition coefficient (Wildman–Crippen LogP) is 0.804. The smallest absolute Gasteiger partial charge is 0.0387 e. The Hall–Kier alpha value is -0.340. The minimum absolute atomic E-state index is 0.347. The van der Waals surface area contributed by atoms with Gasteiger partial charge in [-0.05, 0) is 13.3 Å². The number of rotatable bonds is 3. The van der Waals surface area contributed by atoms with Crippen molar-refractivity contribution in [3.8, 4) is 0 Å². The van der Waals surface area contributed by atoms with Crippen LogP contribution in [0.25, 0.3) is 0 Å². The van der Waals surface area contributed by atoms with E-state index in [1.54, 1.807) is 0 Å². The molecule has 0 amide bonds. The Bertz CT molecular complexity index is 64.9. The molecule has 0 bridgehead atoms. The molecule has 0 saturated heterocycles. The lowest BCUT2D eigenvalue weighted by Crippen LogP contribution is -2.32. The van der Waals surface area contributed by atoms with Gasteiger partial charge in [0.2, 0.25) is 0 Å². The molecule has 0 heterocycles. The van der Waals surface area contributed by atoms with Gasteiger partial charge in [0.05, 0.1) is 0 Å². The molecule has 0 aliphatic carbocycles. The Morgan fingerprint density at radius 2 is 2.38 bits per heavy atom. The lowest BCUT2D eigenvalue weighted by atomic mass is 10.2. The monoisotopic (exact) mass is 114 g/mol. The fourth-order valence-corrected chi connectivity index (χ4v) is 0.542. The van der Waals surface area contributed by atoms with Gasteiger partial charge in [0.25, 0.3) is 0 Å². The van der Waals surface area contributed by atoms with E-state index in [1.165, 1.54) is 0 Å². The minimum Gasteiger partial charge on any atom is -0.271 e. The molecule has 0 spiro atoms. The highest BCUT2D eigenvalue weighted by Gasteiger charge is 1.92. The molecule has 48 valence electrons. The molecule has 2 heteroatoms. The van der Waals surface area contributed by atoms with Gasteiger partial charge in [-0.25, -0.2) is 0 Å². The minimum atomic E-state index is 0.347. The summed E-state index contributed by atoms with van der Waals surface area (Å²) in [6.07, 6.45) is 5.08. The topological polar surface area (TPSA) is 38.0 Å². The standard InChI is InChI=1S/C6H14N2/c1-3-5-6(4-2)8-7/h3,5-6,8H,4,7H2,1-2H3/b5-3-. The molecule has 0 radical (unpaired) electrons. The summed E-state index contributed by atoms with van der Waals surface area (Å²) < 4.78 is 0. The fourth-order valence-electron chi connectivity index (χ4n) is 0.542. The Labute approximate surface area is 50.7 Å². The molecule has 0 rings (SSSR count). The largest absolute Gasteiger partial charge is 0.271 e. The van der Waals surface area contributed by atoms with Crippen LogP contribution in [0.15, 0.2) is 12.2 Å². The van der Waals surface area contributed by atoms with E-state index in [2.05, 4.69) is 12.3 Å². The van der Waals surface area contributed by atoms with Crippen LogP contribution in [-0.4, -0.2) is 6.04 Å². The molecule has 0 aliphatic rings. The molecule has 0 saturated carbocycles. The summed E-state index contributed by atoms with van der Waals surface area (Å²) in [5, 5.41) is 0. The molecule has 1 atom stereocenters. The van der Waals surface area contributed by atoms with Crippen LogP contribution in [0.5, 0.6) is 0 Å². The van der Waals surface area contributed by atoms with Crippen LogP contribution in [0.2, 0.25) is 0 Å². The Balaban J connectivity index is 3.36. The first-order valence-electron chi connectivity index (χ1n) is 2.94. The van der Waals surface area contributed by atoms with E-state index in [0.29, 0.717) is 6.04 Å². The van der Waals surface area contributed by atoms with Gasteiger partial charge >= 0.3 is 0 Å². The zero-order chi connectivity index (χ0) is 6.41. The van der Waals surface area contributed by atoms with Gasteiger partial charge in [0, 0.05) is 6.04 Å². The van der Waals surface area contributed by atoms with Crippen LogP contribution in [0, 0.1) is 0 Å². The zero-order valence-corrected chi connectivity index (χ0v) is 5.52. The van der Waals surface area contributed by atoms with E-state index >= 15 is 0 Å². The Morgan fingerprint density at radius 1 is 1.75 bits per heavy atom. The van der Waals surface area contributed by atoms with Crippen LogP contribution in [-0.2, 0) is 0 Å². The van der Waals surface area contributed by atoms with Gasteiger partial charge in [-0.1, -0.05) is 19.1 Å². The van der Waals surface area contributed by atoms with Crippen LogP contribution in [0.1, 0.15) is 20.3 Å². The molecule has 0 aromatic heterocycles. The molecular weight excluding hydrogens is 100 g/mol. The molecule has 2 nitrogen and oxygen atoms in total. The van der Waals surface area contributed by atoms with Crippen molar-refractivity contribution in [2.24, 2.45) is 5.84 Å². The maximum Gasteiger partial charge on any atom is 0.0387 e. The van der Waals surface area contributed by atoms with Gasteiger partial charge < -0.3 is 0 Å². The fraction of sp³-hybridized carbons (Fsp3) is 0.667. The maximum absolute atomic E-state index is 5.17. The summed E-state index contributed by atoms with van der Waals surface area (Å²) >= 11 is 0. The highest BCUT2D eigenvalue weighted by molar-refractivity contribution is 4.88. The molecular formula is C6H14N2. The third-order valence-corrected chi connectivity index (χ3v) is 1.08. The quantitative estimate of drug-likeness (QED) is 0.323. The summed E-state index contributed by atoms with van der Waals surface area (Å²) in [4.78, 5) is 0. The molecule has 0 aromatic rings. The number of hydrogen-bond donors (Lipinski definition) is 2. The van der Waals surface area contributed by atoms with Crippen molar-refractivity contribution in [3.63, 3.8) is 0 Å². The average molecular weight is 114 g/mol. The summed E-state index contributed by atoms with van der Waals surface area (Å²) in [7, 11) is 0. The van der Waals surface area contributed by atoms with E-state index in [4.69, 9.17) is 5.84 Å². The molecule has 3 N–H and O–H groups in total. The van der Waals surface area contributed by atoms with Crippen molar-refractivity contribution in [2.75, 3.05) is 0 Å². The van der Waals surface area contributed by atoms with Crippen molar-refractivity contribution < 1.29 is 0 Å². The van der Waals surface area contributed by atoms with Crippen molar-refractivity contribution in [1.82, 2.24) is 5.43 Å². The van der Waals surface area contributed by atoms with E-state index < -0.39 is 0 Å². The predicted molar refractivity (Wildman–Crippen MR) is 36.2 cm³/mol. The number of allylic oxidation sites excluding steroid dienone is 1. The molecule has 0 fully saturated rings. The van der Waals surface area contributed by atoms with Gasteiger partial charge in [0.1, 0.15) is 0 Å². The first-order valence-corrected chi connectivity index (χ1v) is 2.94. The van der Waals surface area contributed by atoms with Gasteiger partial charge in [-0.15, -0.1) is 0 Å². The lowest BCUT2D eigenvalue weighted by molar-refractivity contribution is 0.603. The van der Waals surface area contributed by atoms with Gasteiger partial charge in [0.15, 0.2) is 0 Å². The highest BCUT2D eigenvalue weighted by Crippen LogP contribution is 1.88. The Kier molecular flexibility index (Phi) is 4.61. The highest BCUT2D eigenvalue weighted by atomic mass is 15.2. The van der Waals surface area contributed by atoms with Crippen molar-refractivity contribution in [1.29, 1.82) is 0 Å². The third kappa shape index (κ3) is 2.77. The van der Waals surface area contributed by atoms with Crippen molar-refractivity contribution in [3.05, 3.63) is 12.2 Å². The summed E-state index contributed by atoms with van der Waals surface area (Å²) in [6.45, 7) is 4.07. The van der Waals surface area contributed by atoms with Crippen LogP contribution >= 0.6 is 0 Å². The van der Waals surface area contributed by atoms with Crippen LogP contribution in [0.4, 0.5) is 0 Å². The van der Waals surface area contributed by atoms with Gasteiger partial charge in [-0.3, -0.25) is 11.3 Å².